The SMILES string of the molecule is C[C@@H]1CCCN(C(=O)COC(=O)CN2C(=O)N[C@@](C)(c3ccccc3)C2=O)C1. The molecule has 0 saturated carbocycles. The zero-order valence-corrected chi connectivity index (χ0v) is 16.1. The summed E-state index contributed by atoms with van der Waals surface area (Å²) in [5.74, 6) is -1.16. The lowest BCUT2D eigenvalue weighted by atomic mass is 9.92. The van der Waals surface area contributed by atoms with Crippen LogP contribution >= 0.6 is 0 Å². The van der Waals surface area contributed by atoms with Crippen LogP contribution in [0.3, 0.4) is 0 Å². The number of ether oxygens (including phenoxy) is 1. The summed E-state index contributed by atoms with van der Waals surface area (Å²) in [4.78, 5) is 51.8. The highest BCUT2D eigenvalue weighted by molar-refractivity contribution is 6.08. The number of carbonyl (C=O) groups excluding carboxylic acids is 4. The first kappa shape index (κ1) is 19.9. The highest BCUT2D eigenvalue weighted by Gasteiger charge is 2.49. The summed E-state index contributed by atoms with van der Waals surface area (Å²) in [5, 5.41) is 2.63. The predicted octanol–water partition coefficient (Wildman–Crippen LogP) is 1.26. The monoisotopic (exact) mass is 387 g/mol. The standard InChI is InChI=1S/C20H25N3O5/c1-14-7-6-10-22(11-14)16(24)13-28-17(25)12-23-18(26)20(2,21-19(23)27)15-8-4-3-5-9-15/h3-5,8-9,14H,6-7,10-13H2,1-2H3,(H,21,27)/t14-,20+/m1/s1. The number of hydrogen-bond acceptors (Lipinski definition) is 5. The van der Waals surface area contributed by atoms with Crippen LogP contribution in [0.1, 0.15) is 32.3 Å². The fourth-order valence-corrected chi connectivity index (χ4v) is 3.63. The number of nitrogens with zero attached hydrogens (tertiary/aromatic N) is 2. The van der Waals surface area contributed by atoms with Gasteiger partial charge in [0.2, 0.25) is 0 Å². The van der Waals surface area contributed by atoms with Gasteiger partial charge in [0, 0.05) is 13.1 Å². The van der Waals surface area contributed by atoms with E-state index < -0.39 is 30.0 Å². The Kier molecular flexibility index (Phi) is 5.67. The first-order valence-electron chi connectivity index (χ1n) is 9.44. The molecular formula is C20H25N3O5. The number of esters is 1. The van der Waals surface area contributed by atoms with E-state index in [4.69, 9.17) is 4.74 Å². The van der Waals surface area contributed by atoms with E-state index in [1.807, 2.05) is 6.07 Å². The Balaban J connectivity index is 1.56. The van der Waals surface area contributed by atoms with E-state index in [0.717, 1.165) is 17.7 Å². The van der Waals surface area contributed by atoms with Crippen LogP contribution in [-0.4, -0.2) is 59.9 Å². The fraction of sp³-hybridized carbons (Fsp3) is 0.500. The van der Waals surface area contributed by atoms with Crippen molar-refractivity contribution in [3.8, 4) is 0 Å². The maximum atomic E-state index is 12.8. The number of amides is 4. The Hall–Kier alpha value is -2.90. The molecular weight excluding hydrogens is 362 g/mol. The lowest BCUT2D eigenvalue weighted by Crippen LogP contribution is -2.43. The van der Waals surface area contributed by atoms with E-state index >= 15 is 0 Å². The van der Waals surface area contributed by atoms with Gasteiger partial charge in [-0.1, -0.05) is 37.3 Å². The number of imide groups is 1. The Bertz CT molecular complexity index is 781. The van der Waals surface area contributed by atoms with Crippen LogP contribution in [0.2, 0.25) is 0 Å². The van der Waals surface area contributed by atoms with Gasteiger partial charge in [0.15, 0.2) is 6.61 Å². The van der Waals surface area contributed by atoms with E-state index in [2.05, 4.69) is 12.2 Å². The molecule has 2 fully saturated rings. The summed E-state index contributed by atoms with van der Waals surface area (Å²) in [5.41, 5.74) is -0.614. The zero-order valence-electron chi connectivity index (χ0n) is 16.1. The zero-order chi connectivity index (χ0) is 20.3. The molecule has 0 spiro atoms. The Morgan fingerprint density at radius 1 is 1.25 bits per heavy atom. The maximum absolute atomic E-state index is 12.8. The Morgan fingerprint density at radius 3 is 2.64 bits per heavy atom. The molecule has 0 radical (unpaired) electrons. The minimum atomic E-state index is -1.24. The molecule has 2 aliphatic heterocycles. The van der Waals surface area contributed by atoms with Crippen LogP contribution in [0.15, 0.2) is 30.3 Å². The normalized spacial score (nSPS) is 24.9. The van der Waals surface area contributed by atoms with Gasteiger partial charge in [-0.05, 0) is 31.2 Å². The second kappa shape index (κ2) is 8.00. The van der Waals surface area contributed by atoms with Gasteiger partial charge in [0.25, 0.3) is 11.8 Å². The maximum Gasteiger partial charge on any atom is 0.326 e. The van der Waals surface area contributed by atoms with E-state index in [-0.39, 0.29) is 12.5 Å². The summed E-state index contributed by atoms with van der Waals surface area (Å²) >= 11 is 0. The molecule has 1 aromatic carbocycles. The van der Waals surface area contributed by atoms with Crippen molar-refractivity contribution in [3.05, 3.63) is 35.9 Å². The van der Waals surface area contributed by atoms with Gasteiger partial charge < -0.3 is 15.0 Å². The van der Waals surface area contributed by atoms with Gasteiger partial charge in [-0.15, -0.1) is 0 Å². The molecule has 2 saturated heterocycles. The van der Waals surface area contributed by atoms with Crippen molar-refractivity contribution >= 4 is 23.8 Å². The second-order valence-corrected chi connectivity index (χ2v) is 7.56. The van der Waals surface area contributed by atoms with Gasteiger partial charge in [-0.3, -0.25) is 19.3 Å². The highest BCUT2D eigenvalue weighted by atomic mass is 16.5. The van der Waals surface area contributed by atoms with Crippen LogP contribution in [0.5, 0.6) is 0 Å². The van der Waals surface area contributed by atoms with Crippen LogP contribution < -0.4 is 5.32 Å². The molecule has 0 aliphatic carbocycles. The average Bonchev–Trinajstić information content (AvgIpc) is 2.91. The molecule has 28 heavy (non-hydrogen) atoms. The van der Waals surface area contributed by atoms with Gasteiger partial charge in [0.1, 0.15) is 12.1 Å². The summed E-state index contributed by atoms with van der Waals surface area (Å²) < 4.78 is 5.02. The molecule has 2 heterocycles. The van der Waals surface area contributed by atoms with Crippen molar-refractivity contribution in [2.75, 3.05) is 26.2 Å². The number of piperidine rings is 1. The van der Waals surface area contributed by atoms with Crippen molar-refractivity contribution in [1.82, 2.24) is 15.1 Å². The lowest BCUT2D eigenvalue weighted by molar-refractivity contribution is -0.154. The Labute approximate surface area is 163 Å². The average molecular weight is 387 g/mol. The van der Waals surface area contributed by atoms with E-state index in [1.165, 1.54) is 0 Å². The third-order valence-corrected chi connectivity index (χ3v) is 5.28. The molecule has 1 aromatic rings. The molecule has 8 nitrogen and oxygen atoms in total. The molecule has 4 amide bonds. The summed E-state index contributed by atoms with van der Waals surface area (Å²) in [6.45, 7) is 4.06. The fourth-order valence-electron chi connectivity index (χ4n) is 3.63. The van der Waals surface area contributed by atoms with Crippen LogP contribution in [0, 0.1) is 5.92 Å². The molecule has 8 heteroatoms. The number of hydrogen-bond donors (Lipinski definition) is 1. The van der Waals surface area contributed by atoms with Gasteiger partial charge in [-0.2, -0.15) is 0 Å². The van der Waals surface area contributed by atoms with Gasteiger partial charge in [-0.25, -0.2) is 4.79 Å². The molecule has 1 N–H and O–H groups in total. The summed E-state index contributed by atoms with van der Waals surface area (Å²) in [6, 6.07) is 8.15. The van der Waals surface area contributed by atoms with Crippen molar-refractivity contribution in [2.45, 2.75) is 32.2 Å². The van der Waals surface area contributed by atoms with E-state index in [0.29, 0.717) is 24.6 Å². The van der Waals surface area contributed by atoms with E-state index in [9.17, 15) is 19.2 Å². The van der Waals surface area contributed by atoms with Crippen molar-refractivity contribution in [3.63, 3.8) is 0 Å². The smallest absolute Gasteiger partial charge is 0.326 e. The molecule has 0 bridgehead atoms. The quantitative estimate of drug-likeness (QED) is 0.606. The van der Waals surface area contributed by atoms with Crippen LogP contribution in [-0.2, 0) is 24.7 Å². The molecule has 2 atom stereocenters. The number of carbonyl (C=O) groups is 4. The van der Waals surface area contributed by atoms with Gasteiger partial charge in [0.05, 0.1) is 0 Å². The molecule has 150 valence electrons. The first-order valence-corrected chi connectivity index (χ1v) is 9.44. The third kappa shape index (κ3) is 4.00. The molecule has 0 unspecified atom stereocenters. The predicted molar refractivity (Wildman–Crippen MR) is 100.0 cm³/mol. The third-order valence-electron chi connectivity index (χ3n) is 5.28. The first-order chi connectivity index (χ1) is 13.3. The highest BCUT2D eigenvalue weighted by Crippen LogP contribution is 2.28. The van der Waals surface area contributed by atoms with Crippen LogP contribution in [0.4, 0.5) is 4.79 Å². The molecule has 2 aliphatic rings. The van der Waals surface area contributed by atoms with Crippen molar-refractivity contribution in [1.29, 1.82) is 0 Å². The van der Waals surface area contributed by atoms with Gasteiger partial charge >= 0.3 is 12.0 Å². The number of nitrogens with one attached hydrogen (secondary N) is 1. The summed E-state index contributed by atoms with van der Waals surface area (Å²) in [6.07, 6.45) is 2.01. The number of rotatable bonds is 5. The lowest BCUT2D eigenvalue weighted by Gasteiger charge is -2.30. The number of urea groups is 1. The van der Waals surface area contributed by atoms with Crippen molar-refractivity contribution in [2.24, 2.45) is 5.92 Å². The topological polar surface area (TPSA) is 96.0 Å². The van der Waals surface area contributed by atoms with Crippen molar-refractivity contribution < 1.29 is 23.9 Å². The largest absolute Gasteiger partial charge is 0.454 e. The number of likely N-dealkylation sites (tertiary alicyclic amines) is 1. The Morgan fingerprint density at radius 2 is 1.96 bits per heavy atom. The van der Waals surface area contributed by atoms with E-state index in [1.54, 1.807) is 36.1 Å². The molecule has 3 rings (SSSR count). The van der Waals surface area contributed by atoms with Crippen LogP contribution in [0.25, 0.3) is 0 Å². The minimum Gasteiger partial charge on any atom is -0.454 e. The second-order valence-electron chi connectivity index (χ2n) is 7.56. The molecule has 0 aromatic heterocycles. The summed E-state index contributed by atoms with van der Waals surface area (Å²) in [7, 11) is 0. The minimum absolute atomic E-state index is 0.258. The number of benzene rings is 1.